The zero-order valence-electron chi connectivity index (χ0n) is 16.5. The van der Waals surface area contributed by atoms with Crippen molar-refractivity contribution in [2.24, 2.45) is 11.8 Å². The predicted molar refractivity (Wildman–Crippen MR) is 115 cm³/mol. The van der Waals surface area contributed by atoms with Crippen LogP contribution in [0.1, 0.15) is 31.2 Å². The van der Waals surface area contributed by atoms with Crippen molar-refractivity contribution in [3.63, 3.8) is 0 Å². The summed E-state index contributed by atoms with van der Waals surface area (Å²) in [5.74, 6) is -0.101. The van der Waals surface area contributed by atoms with E-state index >= 15 is 0 Å². The number of halogens is 1. The maximum Gasteiger partial charge on any atom is 0.230 e. The molecule has 4 rings (SSSR count). The van der Waals surface area contributed by atoms with Crippen molar-refractivity contribution < 1.29 is 14.3 Å². The Labute approximate surface area is 176 Å². The summed E-state index contributed by atoms with van der Waals surface area (Å²) in [6, 6.07) is 13.2. The van der Waals surface area contributed by atoms with Gasteiger partial charge < -0.3 is 15.0 Å². The number of para-hydroxylation sites is 1. The highest BCUT2D eigenvalue weighted by molar-refractivity contribution is 6.32. The number of rotatable bonds is 4. The van der Waals surface area contributed by atoms with Gasteiger partial charge in [-0.2, -0.15) is 0 Å². The smallest absolute Gasteiger partial charge is 0.230 e. The van der Waals surface area contributed by atoms with Gasteiger partial charge in [-0.05, 0) is 49.1 Å². The molecule has 0 bridgehead atoms. The molecular formula is C23H25ClN2O3. The van der Waals surface area contributed by atoms with Crippen LogP contribution in [0, 0.1) is 11.8 Å². The van der Waals surface area contributed by atoms with Gasteiger partial charge in [0.2, 0.25) is 11.8 Å². The molecule has 2 aromatic rings. The van der Waals surface area contributed by atoms with E-state index in [9.17, 15) is 9.59 Å². The molecule has 29 heavy (non-hydrogen) atoms. The molecule has 2 unspecified atom stereocenters. The Hall–Kier alpha value is -2.53. The number of ether oxygens (including phenoxy) is 1. The Bertz CT molecular complexity index is 930. The number of fused-ring (bicyclic) bond motifs is 1. The van der Waals surface area contributed by atoms with Crippen LogP contribution < -0.4 is 15.0 Å². The van der Waals surface area contributed by atoms with Gasteiger partial charge >= 0.3 is 0 Å². The zero-order valence-corrected chi connectivity index (χ0v) is 17.2. The number of nitrogens with one attached hydrogen (secondary N) is 1. The summed E-state index contributed by atoms with van der Waals surface area (Å²) in [6.07, 6.45) is 4.28. The normalized spacial score (nSPS) is 20.8. The number of methoxy groups -OCH3 is 1. The summed E-state index contributed by atoms with van der Waals surface area (Å²) >= 11 is 6.17. The summed E-state index contributed by atoms with van der Waals surface area (Å²) < 4.78 is 5.16. The molecule has 1 fully saturated rings. The highest BCUT2D eigenvalue weighted by Crippen LogP contribution is 2.36. The van der Waals surface area contributed by atoms with Gasteiger partial charge in [-0.1, -0.05) is 42.6 Å². The molecule has 2 aromatic carbocycles. The van der Waals surface area contributed by atoms with E-state index in [0.717, 1.165) is 37.8 Å². The molecule has 1 aliphatic carbocycles. The third-order valence-electron chi connectivity index (χ3n) is 5.99. The molecule has 1 N–H and O–H groups in total. The SMILES string of the molecule is COc1ccc(NC(=O)C2CCCCC2C(=O)N2CCc3ccccc32)cc1Cl. The summed E-state index contributed by atoms with van der Waals surface area (Å²) in [5, 5.41) is 3.39. The number of carbonyl (C=O) groups excluding carboxylic acids is 2. The van der Waals surface area contributed by atoms with Crippen molar-refractivity contribution in [1.29, 1.82) is 0 Å². The fourth-order valence-corrected chi connectivity index (χ4v) is 4.74. The maximum absolute atomic E-state index is 13.4. The molecule has 0 spiro atoms. The van der Waals surface area contributed by atoms with E-state index in [1.54, 1.807) is 25.3 Å². The molecule has 6 heteroatoms. The Morgan fingerprint density at radius 1 is 1.10 bits per heavy atom. The average molecular weight is 413 g/mol. The van der Waals surface area contributed by atoms with E-state index in [-0.39, 0.29) is 23.7 Å². The fraction of sp³-hybridized carbons (Fsp3) is 0.391. The molecule has 2 amide bonds. The van der Waals surface area contributed by atoms with E-state index in [0.29, 0.717) is 23.0 Å². The van der Waals surface area contributed by atoms with Gasteiger partial charge in [0, 0.05) is 23.8 Å². The minimum atomic E-state index is -0.329. The Morgan fingerprint density at radius 2 is 1.86 bits per heavy atom. The van der Waals surface area contributed by atoms with Crippen molar-refractivity contribution in [3.05, 3.63) is 53.1 Å². The monoisotopic (exact) mass is 412 g/mol. The number of amides is 2. The second-order valence-electron chi connectivity index (χ2n) is 7.70. The average Bonchev–Trinajstić information content (AvgIpc) is 3.17. The largest absolute Gasteiger partial charge is 0.495 e. The quantitative estimate of drug-likeness (QED) is 0.792. The third-order valence-corrected chi connectivity index (χ3v) is 6.29. The van der Waals surface area contributed by atoms with E-state index in [1.807, 2.05) is 23.1 Å². The van der Waals surface area contributed by atoms with Crippen LogP contribution in [0.3, 0.4) is 0 Å². The van der Waals surface area contributed by atoms with Crippen LogP contribution in [0.2, 0.25) is 5.02 Å². The van der Waals surface area contributed by atoms with Gasteiger partial charge in [0.15, 0.2) is 0 Å². The minimum Gasteiger partial charge on any atom is -0.495 e. The molecule has 2 atom stereocenters. The van der Waals surface area contributed by atoms with Gasteiger partial charge in [-0.3, -0.25) is 9.59 Å². The van der Waals surface area contributed by atoms with Crippen molar-refractivity contribution in [2.45, 2.75) is 32.1 Å². The number of anilines is 2. The first-order valence-electron chi connectivity index (χ1n) is 10.1. The van der Waals surface area contributed by atoms with Crippen molar-refractivity contribution >= 4 is 34.8 Å². The van der Waals surface area contributed by atoms with Gasteiger partial charge in [-0.25, -0.2) is 0 Å². The van der Waals surface area contributed by atoms with Crippen LogP contribution in [0.15, 0.2) is 42.5 Å². The zero-order chi connectivity index (χ0) is 20.4. The molecule has 1 saturated carbocycles. The molecule has 0 saturated heterocycles. The van der Waals surface area contributed by atoms with E-state index in [4.69, 9.17) is 16.3 Å². The van der Waals surface area contributed by atoms with Gasteiger partial charge in [0.25, 0.3) is 0 Å². The van der Waals surface area contributed by atoms with Crippen molar-refractivity contribution in [3.8, 4) is 5.75 Å². The van der Waals surface area contributed by atoms with E-state index < -0.39 is 0 Å². The molecule has 0 aromatic heterocycles. The van der Waals surface area contributed by atoms with Crippen molar-refractivity contribution in [1.82, 2.24) is 0 Å². The minimum absolute atomic E-state index is 0.0718. The Morgan fingerprint density at radius 3 is 2.62 bits per heavy atom. The van der Waals surface area contributed by atoms with Crippen LogP contribution in [-0.4, -0.2) is 25.5 Å². The number of hydrogen-bond acceptors (Lipinski definition) is 3. The molecule has 1 heterocycles. The lowest BCUT2D eigenvalue weighted by Gasteiger charge is -2.32. The first kappa shape index (κ1) is 19.8. The first-order chi connectivity index (χ1) is 14.1. The fourth-order valence-electron chi connectivity index (χ4n) is 4.49. The Kier molecular flexibility index (Phi) is 5.76. The lowest BCUT2D eigenvalue weighted by atomic mass is 9.77. The number of benzene rings is 2. The van der Waals surface area contributed by atoms with Gasteiger partial charge in [-0.15, -0.1) is 0 Å². The topological polar surface area (TPSA) is 58.6 Å². The molecule has 2 aliphatic rings. The first-order valence-corrected chi connectivity index (χ1v) is 10.5. The molecule has 0 radical (unpaired) electrons. The third kappa shape index (κ3) is 3.97. The highest BCUT2D eigenvalue weighted by atomic mass is 35.5. The van der Waals surface area contributed by atoms with Crippen molar-refractivity contribution in [2.75, 3.05) is 23.9 Å². The molecule has 1 aliphatic heterocycles. The lowest BCUT2D eigenvalue weighted by molar-refractivity contribution is -0.132. The molecule has 5 nitrogen and oxygen atoms in total. The van der Waals surface area contributed by atoms with Crippen LogP contribution in [0.25, 0.3) is 0 Å². The summed E-state index contributed by atoms with van der Waals surface area (Å²) in [5.41, 5.74) is 2.80. The second-order valence-corrected chi connectivity index (χ2v) is 8.11. The van der Waals surface area contributed by atoms with Crippen LogP contribution >= 0.6 is 11.6 Å². The summed E-state index contributed by atoms with van der Waals surface area (Å²) in [4.78, 5) is 28.3. The van der Waals surface area contributed by atoms with Crippen LogP contribution in [0.5, 0.6) is 5.75 Å². The molecule has 152 valence electrons. The standard InChI is InChI=1S/C23H25ClN2O3/c1-29-21-11-10-16(14-19(21)24)25-22(27)17-7-3-4-8-18(17)23(28)26-13-12-15-6-2-5-9-20(15)26/h2,5-6,9-11,14,17-18H,3-4,7-8,12-13H2,1H3,(H,25,27). The van der Waals surface area contributed by atoms with E-state index in [1.165, 1.54) is 5.56 Å². The van der Waals surface area contributed by atoms with Gasteiger partial charge in [0.05, 0.1) is 18.1 Å². The Balaban J connectivity index is 1.51. The van der Waals surface area contributed by atoms with Gasteiger partial charge in [0.1, 0.15) is 5.75 Å². The van der Waals surface area contributed by atoms with Crippen LogP contribution in [-0.2, 0) is 16.0 Å². The van der Waals surface area contributed by atoms with Crippen LogP contribution in [0.4, 0.5) is 11.4 Å². The summed E-state index contributed by atoms with van der Waals surface area (Å²) in [6.45, 7) is 0.692. The van der Waals surface area contributed by atoms with E-state index in [2.05, 4.69) is 11.4 Å². The highest BCUT2D eigenvalue weighted by Gasteiger charge is 2.39. The summed E-state index contributed by atoms with van der Waals surface area (Å²) in [7, 11) is 1.55. The second kappa shape index (κ2) is 8.46. The number of hydrogen-bond donors (Lipinski definition) is 1. The predicted octanol–water partition coefficient (Wildman–Crippen LogP) is 4.68. The maximum atomic E-state index is 13.4. The number of nitrogens with zero attached hydrogens (tertiary/aromatic N) is 1. The molecular weight excluding hydrogens is 388 g/mol. The number of carbonyl (C=O) groups is 2. The lowest BCUT2D eigenvalue weighted by Crippen LogP contribution is -2.43.